The van der Waals surface area contributed by atoms with Crippen LogP contribution in [-0.2, 0) is 7.05 Å². The van der Waals surface area contributed by atoms with Gasteiger partial charge in [-0.3, -0.25) is 9.48 Å². The van der Waals surface area contributed by atoms with Gasteiger partial charge in [-0.25, -0.2) is 4.98 Å². The third-order valence-electron chi connectivity index (χ3n) is 5.72. The molecule has 1 N–H and O–H groups in total. The van der Waals surface area contributed by atoms with Crippen molar-refractivity contribution in [3.8, 4) is 0 Å². The molecule has 0 unspecified atom stereocenters. The minimum absolute atomic E-state index is 0.0584. The van der Waals surface area contributed by atoms with E-state index in [4.69, 9.17) is 4.98 Å². The zero-order valence-electron chi connectivity index (χ0n) is 19.5. The number of benzene rings is 1. The Morgan fingerprint density at radius 2 is 1.81 bits per heavy atom. The molecular formula is C24H34N6O. The second-order valence-corrected chi connectivity index (χ2v) is 8.73. The molecule has 4 rings (SSSR count). The van der Waals surface area contributed by atoms with Crippen LogP contribution in [0, 0.1) is 12.8 Å². The number of carbonyl (C=O) groups is 1. The number of aryl methyl sites for hydroxylation is 2. The van der Waals surface area contributed by atoms with E-state index in [2.05, 4.69) is 39.4 Å². The summed E-state index contributed by atoms with van der Waals surface area (Å²) in [6, 6.07) is 10.5. The summed E-state index contributed by atoms with van der Waals surface area (Å²) in [6.45, 7) is 5.75. The van der Waals surface area contributed by atoms with Gasteiger partial charge in [-0.05, 0) is 56.7 Å². The highest BCUT2D eigenvalue weighted by Gasteiger charge is 2.19. The highest BCUT2D eigenvalue weighted by Crippen LogP contribution is 2.27. The molecule has 0 radical (unpaired) electrons. The molecule has 2 aromatic heterocycles. The Kier molecular flexibility index (Phi) is 7.25. The molecule has 0 saturated heterocycles. The van der Waals surface area contributed by atoms with E-state index in [1.165, 1.54) is 32.6 Å². The Bertz CT molecular complexity index is 1030. The predicted molar refractivity (Wildman–Crippen MR) is 127 cm³/mol. The summed E-state index contributed by atoms with van der Waals surface area (Å²) in [5.41, 5.74) is 2.55. The minimum Gasteiger partial charge on any atom is -0.362 e. The van der Waals surface area contributed by atoms with Gasteiger partial charge in [0, 0.05) is 39.5 Å². The van der Waals surface area contributed by atoms with Gasteiger partial charge in [0.2, 0.25) is 5.95 Å². The maximum Gasteiger partial charge on any atom is 0.225 e. The molecule has 1 aliphatic rings. The second kappa shape index (κ2) is 9.90. The van der Waals surface area contributed by atoms with Gasteiger partial charge < -0.3 is 10.2 Å². The number of ketones is 1. The SMILES string of the molecule is CC(=O)c1cc(C)nn1C.CC1CCC(Nc2nc(N(C)C)c3ccccc3n2)CC1. The molecule has 166 valence electrons. The second-order valence-electron chi connectivity index (χ2n) is 8.73. The zero-order valence-corrected chi connectivity index (χ0v) is 19.5. The maximum absolute atomic E-state index is 10.8. The molecule has 31 heavy (non-hydrogen) atoms. The van der Waals surface area contributed by atoms with E-state index < -0.39 is 0 Å². The summed E-state index contributed by atoms with van der Waals surface area (Å²) in [7, 11) is 5.82. The first-order valence-corrected chi connectivity index (χ1v) is 11.0. The highest BCUT2D eigenvalue weighted by atomic mass is 16.1. The number of nitrogens with one attached hydrogen (secondary N) is 1. The monoisotopic (exact) mass is 422 g/mol. The minimum atomic E-state index is 0.0584. The van der Waals surface area contributed by atoms with Gasteiger partial charge in [0.1, 0.15) is 11.5 Å². The fraction of sp³-hybridized carbons (Fsp3) is 0.500. The van der Waals surface area contributed by atoms with Crippen molar-refractivity contribution in [3.63, 3.8) is 0 Å². The summed E-state index contributed by atoms with van der Waals surface area (Å²) >= 11 is 0. The molecule has 0 bridgehead atoms. The molecule has 0 atom stereocenters. The van der Waals surface area contributed by atoms with Gasteiger partial charge in [-0.2, -0.15) is 10.1 Å². The molecule has 1 fully saturated rings. The number of carbonyl (C=O) groups excluding carboxylic acids is 1. The van der Waals surface area contributed by atoms with Crippen LogP contribution >= 0.6 is 0 Å². The summed E-state index contributed by atoms with van der Waals surface area (Å²) in [5.74, 6) is 2.66. The summed E-state index contributed by atoms with van der Waals surface area (Å²) < 4.78 is 1.59. The van der Waals surface area contributed by atoms with Crippen molar-refractivity contribution in [1.82, 2.24) is 19.7 Å². The molecular weight excluding hydrogens is 388 g/mol. The average Bonchev–Trinajstić information content (AvgIpc) is 3.08. The van der Waals surface area contributed by atoms with E-state index >= 15 is 0 Å². The van der Waals surface area contributed by atoms with Crippen LogP contribution in [0.5, 0.6) is 0 Å². The van der Waals surface area contributed by atoms with E-state index in [1.54, 1.807) is 17.8 Å². The van der Waals surface area contributed by atoms with Gasteiger partial charge in [0.25, 0.3) is 0 Å². The fourth-order valence-corrected chi connectivity index (χ4v) is 3.99. The standard InChI is InChI=1S/C17H24N4.C7H10N2O/c1-12-8-10-13(11-9-12)18-17-19-15-7-5-4-6-14(15)16(20-17)21(2)3;1-5-4-7(6(2)10)9(3)8-5/h4-7,12-13H,8-11H2,1-3H3,(H,18,19,20);4H,1-3H3. The lowest BCUT2D eigenvalue weighted by Gasteiger charge is -2.27. The fourth-order valence-electron chi connectivity index (χ4n) is 3.99. The molecule has 0 amide bonds. The average molecular weight is 423 g/mol. The molecule has 2 heterocycles. The lowest BCUT2D eigenvalue weighted by atomic mass is 9.87. The zero-order chi connectivity index (χ0) is 22.5. The van der Waals surface area contributed by atoms with E-state index in [1.807, 2.05) is 33.2 Å². The third kappa shape index (κ3) is 5.81. The first-order valence-electron chi connectivity index (χ1n) is 11.0. The van der Waals surface area contributed by atoms with Crippen LogP contribution in [0.2, 0.25) is 0 Å². The number of hydrogen-bond donors (Lipinski definition) is 1. The Morgan fingerprint density at radius 1 is 1.13 bits per heavy atom. The van der Waals surface area contributed by atoms with Crippen LogP contribution in [-0.4, -0.2) is 45.7 Å². The number of rotatable bonds is 4. The van der Waals surface area contributed by atoms with Gasteiger partial charge in [-0.15, -0.1) is 0 Å². The number of Topliss-reactive ketones (excluding diaryl/α,β-unsaturated/α-hetero) is 1. The third-order valence-corrected chi connectivity index (χ3v) is 5.72. The van der Waals surface area contributed by atoms with Crippen molar-refractivity contribution in [1.29, 1.82) is 0 Å². The van der Waals surface area contributed by atoms with Gasteiger partial charge in [-0.1, -0.05) is 19.1 Å². The van der Waals surface area contributed by atoms with Crippen molar-refractivity contribution in [2.24, 2.45) is 13.0 Å². The van der Waals surface area contributed by atoms with Crippen molar-refractivity contribution in [3.05, 3.63) is 41.7 Å². The normalized spacial score (nSPS) is 18.3. The number of hydrogen-bond acceptors (Lipinski definition) is 6. The van der Waals surface area contributed by atoms with Crippen molar-refractivity contribution in [2.75, 3.05) is 24.3 Å². The summed E-state index contributed by atoms with van der Waals surface area (Å²) in [6.07, 6.45) is 5.03. The van der Waals surface area contributed by atoms with Crippen LogP contribution in [0.4, 0.5) is 11.8 Å². The molecule has 3 aromatic rings. The predicted octanol–water partition coefficient (Wildman–Crippen LogP) is 4.62. The quantitative estimate of drug-likeness (QED) is 0.619. The lowest BCUT2D eigenvalue weighted by molar-refractivity contribution is 0.100. The first-order chi connectivity index (χ1) is 14.7. The van der Waals surface area contributed by atoms with Crippen LogP contribution in [0.25, 0.3) is 10.9 Å². The van der Waals surface area contributed by atoms with Gasteiger partial charge in [0.05, 0.1) is 11.2 Å². The van der Waals surface area contributed by atoms with E-state index in [9.17, 15) is 4.79 Å². The van der Waals surface area contributed by atoms with Gasteiger partial charge >= 0.3 is 0 Å². The topological polar surface area (TPSA) is 75.9 Å². The molecule has 0 spiro atoms. The lowest BCUT2D eigenvalue weighted by Crippen LogP contribution is -2.26. The van der Waals surface area contributed by atoms with Crippen LogP contribution in [0.1, 0.15) is 55.7 Å². The smallest absolute Gasteiger partial charge is 0.225 e. The number of anilines is 2. The Labute approximate surface area is 184 Å². The Morgan fingerprint density at radius 3 is 2.35 bits per heavy atom. The van der Waals surface area contributed by atoms with Crippen LogP contribution < -0.4 is 10.2 Å². The van der Waals surface area contributed by atoms with E-state index in [0.717, 1.165) is 34.3 Å². The van der Waals surface area contributed by atoms with E-state index in [-0.39, 0.29) is 5.78 Å². The maximum atomic E-state index is 10.8. The van der Waals surface area contributed by atoms with Crippen LogP contribution in [0.15, 0.2) is 30.3 Å². The highest BCUT2D eigenvalue weighted by molar-refractivity contribution is 5.92. The summed E-state index contributed by atoms with van der Waals surface area (Å²) in [4.78, 5) is 22.3. The number of aromatic nitrogens is 4. The van der Waals surface area contributed by atoms with Crippen LogP contribution in [0.3, 0.4) is 0 Å². The molecule has 7 heteroatoms. The first kappa shape index (κ1) is 22.7. The Hall–Kier alpha value is -2.96. The molecule has 1 aromatic carbocycles. The van der Waals surface area contributed by atoms with Crippen molar-refractivity contribution in [2.45, 2.75) is 52.5 Å². The van der Waals surface area contributed by atoms with E-state index in [0.29, 0.717) is 11.7 Å². The summed E-state index contributed by atoms with van der Waals surface area (Å²) in [5, 5.41) is 8.67. The largest absolute Gasteiger partial charge is 0.362 e. The number of fused-ring (bicyclic) bond motifs is 1. The Balaban J connectivity index is 0.000000229. The molecule has 0 aliphatic heterocycles. The number of nitrogens with zero attached hydrogens (tertiary/aromatic N) is 5. The molecule has 7 nitrogen and oxygen atoms in total. The van der Waals surface area contributed by atoms with Crippen molar-refractivity contribution >= 4 is 28.5 Å². The molecule has 1 aliphatic carbocycles. The van der Waals surface area contributed by atoms with Gasteiger partial charge in [0.15, 0.2) is 5.78 Å². The van der Waals surface area contributed by atoms with Crippen molar-refractivity contribution < 1.29 is 4.79 Å². The number of para-hydroxylation sites is 1. The molecule has 1 saturated carbocycles.